The molecule has 4 amide bonds. The van der Waals surface area contributed by atoms with Gasteiger partial charge in [0.25, 0.3) is 5.69 Å². The highest BCUT2D eigenvalue weighted by Crippen LogP contribution is 2.23. The number of amides is 4. The monoisotopic (exact) mass is 357 g/mol. The van der Waals surface area contributed by atoms with Crippen LogP contribution in [-0.4, -0.2) is 39.1 Å². The number of urea groups is 1. The molecule has 26 heavy (non-hydrogen) atoms. The zero-order valence-electron chi connectivity index (χ0n) is 14.2. The number of nitro groups is 1. The number of carbonyl (C=O) groups is 3. The van der Waals surface area contributed by atoms with Crippen LogP contribution in [0.25, 0.3) is 0 Å². The lowest BCUT2D eigenvalue weighted by Gasteiger charge is -2.17. The molecule has 0 bridgehead atoms. The number of hydrogen-bond acceptors (Lipinski definition) is 5. The Morgan fingerprint density at radius 2 is 1.69 bits per heavy atom. The van der Waals surface area contributed by atoms with E-state index in [1.165, 1.54) is 29.8 Å². The van der Waals surface area contributed by atoms with E-state index in [0.29, 0.717) is 12.0 Å². The minimum absolute atomic E-state index is 0.0775. The molecule has 0 unspecified atom stereocenters. The third-order valence-corrected chi connectivity index (χ3v) is 4.66. The first-order valence-corrected chi connectivity index (χ1v) is 8.56. The SMILES string of the molecule is O=C1C(=O)N(Cc2ccc([N+](=O)[O-])cc2)C(=O)N1CCC1=CCCCC1. The van der Waals surface area contributed by atoms with Crippen LogP contribution in [0.1, 0.15) is 37.7 Å². The van der Waals surface area contributed by atoms with E-state index < -0.39 is 22.8 Å². The van der Waals surface area contributed by atoms with Crippen molar-refractivity contribution in [2.45, 2.75) is 38.6 Å². The van der Waals surface area contributed by atoms with E-state index in [4.69, 9.17) is 0 Å². The number of rotatable bonds is 6. The van der Waals surface area contributed by atoms with Crippen molar-refractivity contribution in [3.63, 3.8) is 0 Å². The Kier molecular flexibility index (Phi) is 5.11. The van der Waals surface area contributed by atoms with E-state index >= 15 is 0 Å². The largest absolute Gasteiger partial charge is 0.334 e. The highest BCUT2D eigenvalue weighted by atomic mass is 16.6. The third kappa shape index (κ3) is 3.63. The molecule has 2 aliphatic rings. The Bertz CT molecular complexity index is 785. The van der Waals surface area contributed by atoms with Crippen LogP contribution in [0.3, 0.4) is 0 Å². The van der Waals surface area contributed by atoms with Gasteiger partial charge < -0.3 is 0 Å². The molecular formula is C18H19N3O5. The van der Waals surface area contributed by atoms with Crippen LogP contribution in [0.4, 0.5) is 10.5 Å². The van der Waals surface area contributed by atoms with E-state index in [2.05, 4.69) is 6.08 Å². The molecule has 0 N–H and O–H groups in total. The molecule has 1 fully saturated rings. The summed E-state index contributed by atoms with van der Waals surface area (Å²) in [5, 5.41) is 10.7. The molecule has 136 valence electrons. The number of nitro benzene ring substituents is 1. The van der Waals surface area contributed by atoms with Crippen LogP contribution in [0, 0.1) is 10.1 Å². The first-order chi connectivity index (χ1) is 12.5. The highest BCUT2D eigenvalue weighted by Gasteiger charge is 2.44. The molecule has 1 saturated heterocycles. The van der Waals surface area contributed by atoms with E-state index in [1.54, 1.807) is 0 Å². The maximum atomic E-state index is 12.5. The van der Waals surface area contributed by atoms with Gasteiger partial charge in [-0.05, 0) is 37.7 Å². The summed E-state index contributed by atoms with van der Waals surface area (Å²) < 4.78 is 0. The number of non-ortho nitro benzene ring substituents is 1. The van der Waals surface area contributed by atoms with Gasteiger partial charge in [0.1, 0.15) is 0 Å². The van der Waals surface area contributed by atoms with Crippen molar-refractivity contribution >= 4 is 23.5 Å². The second kappa shape index (κ2) is 7.47. The molecule has 0 aromatic heterocycles. The molecule has 0 atom stereocenters. The molecular weight excluding hydrogens is 338 g/mol. The zero-order valence-corrected chi connectivity index (χ0v) is 14.2. The Morgan fingerprint density at radius 3 is 2.31 bits per heavy atom. The van der Waals surface area contributed by atoms with Crippen molar-refractivity contribution in [2.75, 3.05) is 6.54 Å². The summed E-state index contributed by atoms with van der Waals surface area (Å²) >= 11 is 0. The Morgan fingerprint density at radius 1 is 1.00 bits per heavy atom. The number of benzene rings is 1. The Labute approximate surface area is 150 Å². The van der Waals surface area contributed by atoms with Crippen LogP contribution >= 0.6 is 0 Å². The normalized spacial score (nSPS) is 17.7. The van der Waals surface area contributed by atoms with Crippen LogP contribution < -0.4 is 0 Å². The van der Waals surface area contributed by atoms with E-state index in [1.807, 2.05) is 0 Å². The van der Waals surface area contributed by atoms with Crippen molar-refractivity contribution < 1.29 is 19.3 Å². The summed E-state index contributed by atoms with van der Waals surface area (Å²) in [7, 11) is 0. The lowest BCUT2D eigenvalue weighted by Crippen LogP contribution is -2.34. The number of hydrogen-bond donors (Lipinski definition) is 0. The van der Waals surface area contributed by atoms with Gasteiger partial charge in [0.15, 0.2) is 0 Å². The van der Waals surface area contributed by atoms with Gasteiger partial charge in [0.2, 0.25) is 0 Å². The number of carbonyl (C=O) groups excluding carboxylic acids is 3. The van der Waals surface area contributed by atoms with Crippen molar-refractivity contribution in [1.82, 2.24) is 9.80 Å². The Hall–Kier alpha value is -3.03. The van der Waals surface area contributed by atoms with Gasteiger partial charge in [-0.1, -0.05) is 23.8 Å². The number of imide groups is 2. The minimum atomic E-state index is -0.856. The van der Waals surface area contributed by atoms with Crippen LogP contribution in [-0.2, 0) is 16.1 Å². The average molecular weight is 357 g/mol. The first kappa shape index (κ1) is 17.8. The van der Waals surface area contributed by atoms with E-state index in [9.17, 15) is 24.5 Å². The Balaban J connectivity index is 1.65. The summed E-state index contributed by atoms with van der Waals surface area (Å²) in [4.78, 5) is 48.8. The first-order valence-electron chi connectivity index (χ1n) is 8.56. The van der Waals surface area contributed by atoms with Gasteiger partial charge >= 0.3 is 17.8 Å². The molecule has 8 heteroatoms. The number of nitrogens with zero attached hydrogens (tertiary/aromatic N) is 3. The van der Waals surface area contributed by atoms with Gasteiger partial charge in [-0.3, -0.25) is 29.5 Å². The summed E-state index contributed by atoms with van der Waals surface area (Å²) in [5.41, 5.74) is 1.69. The second-order valence-electron chi connectivity index (χ2n) is 6.41. The van der Waals surface area contributed by atoms with Gasteiger partial charge in [-0.25, -0.2) is 4.79 Å². The molecule has 8 nitrogen and oxygen atoms in total. The molecule has 0 saturated carbocycles. The van der Waals surface area contributed by atoms with Crippen molar-refractivity contribution in [3.05, 3.63) is 51.6 Å². The fraction of sp³-hybridized carbons (Fsp3) is 0.389. The minimum Gasteiger partial charge on any atom is -0.263 e. The summed E-state index contributed by atoms with van der Waals surface area (Å²) in [5.74, 6) is -1.67. The van der Waals surface area contributed by atoms with Crippen LogP contribution in [0.5, 0.6) is 0 Å². The fourth-order valence-corrected chi connectivity index (χ4v) is 3.18. The van der Waals surface area contributed by atoms with E-state index in [-0.39, 0.29) is 18.8 Å². The van der Waals surface area contributed by atoms with Gasteiger partial charge in [-0.2, -0.15) is 0 Å². The number of allylic oxidation sites excluding steroid dienone is 1. The molecule has 1 aliphatic carbocycles. The molecule has 1 aliphatic heterocycles. The maximum Gasteiger partial charge on any atom is 0.334 e. The lowest BCUT2D eigenvalue weighted by atomic mass is 9.97. The molecule has 0 radical (unpaired) electrons. The van der Waals surface area contributed by atoms with Crippen molar-refractivity contribution in [3.8, 4) is 0 Å². The standard InChI is InChI=1S/C18H19N3O5/c22-16-17(23)20(12-14-6-8-15(9-7-14)21(25)26)18(24)19(16)11-10-13-4-2-1-3-5-13/h4,6-9H,1-3,5,10-12H2. The predicted molar refractivity (Wildman–Crippen MR) is 91.9 cm³/mol. The van der Waals surface area contributed by atoms with Crippen LogP contribution in [0.2, 0.25) is 0 Å². The fourth-order valence-electron chi connectivity index (χ4n) is 3.18. The second-order valence-corrected chi connectivity index (χ2v) is 6.41. The quantitative estimate of drug-likeness (QED) is 0.256. The van der Waals surface area contributed by atoms with Gasteiger partial charge in [0.05, 0.1) is 11.5 Å². The summed E-state index contributed by atoms with van der Waals surface area (Å²) in [6.07, 6.45) is 6.99. The average Bonchev–Trinajstić information content (AvgIpc) is 2.85. The lowest BCUT2D eigenvalue weighted by molar-refractivity contribution is -0.384. The summed E-state index contributed by atoms with van der Waals surface area (Å²) in [6.45, 7) is 0.118. The van der Waals surface area contributed by atoms with Crippen LogP contribution in [0.15, 0.2) is 35.9 Å². The predicted octanol–water partition coefficient (Wildman–Crippen LogP) is 2.78. The molecule has 1 aromatic carbocycles. The zero-order chi connectivity index (χ0) is 18.7. The molecule has 1 aromatic rings. The smallest absolute Gasteiger partial charge is 0.263 e. The topological polar surface area (TPSA) is 101 Å². The third-order valence-electron chi connectivity index (χ3n) is 4.66. The van der Waals surface area contributed by atoms with Gasteiger partial charge in [0, 0.05) is 18.7 Å². The van der Waals surface area contributed by atoms with Gasteiger partial charge in [-0.15, -0.1) is 0 Å². The van der Waals surface area contributed by atoms with Crippen molar-refractivity contribution in [1.29, 1.82) is 0 Å². The highest BCUT2D eigenvalue weighted by molar-refractivity contribution is 6.44. The molecule has 3 rings (SSSR count). The van der Waals surface area contributed by atoms with Crippen molar-refractivity contribution in [2.24, 2.45) is 0 Å². The molecule has 1 heterocycles. The summed E-state index contributed by atoms with van der Waals surface area (Å²) in [6, 6.07) is 4.91. The molecule has 0 spiro atoms. The maximum absolute atomic E-state index is 12.5. The van der Waals surface area contributed by atoms with E-state index in [0.717, 1.165) is 35.5 Å².